The lowest BCUT2D eigenvalue weighted by Gasteiger charge is -2.23. The summed E-state index contributed by atoms with van der Waals surface area (Å²) in [4.78, 5) is 26.8. The maximum Gasteiger partial charge on any atom is 0.342 e. The summed E-state index contributed by atoms with van der Waals surface area (Å²) >= 11 is 5.94. The number of likely N-dealkylation sites (N-methyl/N-ethyl adjacent to an activating group) is 1. The quantitative estimate of drug-likeness (QED) is 0.551. The summed E-state index contributed by atoms with van der Waals surface area (Å²) in [6.45, 7) is 3.77. The number of allylic oxidation sites excluding steroid dienone is 1. The lowest BCUT2D eigenvalue weighted by atomic mass is 9.83. The molecule has 1 aliphatic rings. The molecule has 0 saturated carbocycles. The van der Waals surface area contributed by atoms with Gasteiger partial charge in [0.15, 0.2) is 12.4 Å². The first kappa shape index (κ1) is 20.0. The van der Waals surface area contributed by atoms with Crippen LogP contribution in [0, 0.1) is 0 Å². The highest BCUT2D eigenvalue weighted by Crippen LogP contribution is 2.46. The van der Waals surface area contributed by atoms with Gasteiger partial charge < -0.3 is 14.4 Å². The van der Waals surface area contributed by atoms with Crippen molar-refractivity contribution in [1.82, 2.24) is 0 Å². The van der Waals surface area contributed by atoms with Gasteiger partial charge in [-0.05, 0) is 29.8 Å². The van der Waals surface area contributed by atoms with Gasteiger partial charge in [0.1, 0.15) is 11.3 Å². The van der Waals surface area contributed by atoms with Crippen molar-refractivity contribution in [2.45, 2.75) is 19.3 Å². The number of esters is 1. The van der Waals surface area contributed by atoms with Crippen LogP contribution < -0.4 is 9.64 Å². The van der Waals surface area contributed by atoms with E-state index in [0.29, 0.717) is 10.8 Å². The van der Waals surface area contributed by atoms with E-state index in [2.05, 4.69) is 19.9 Å². The number of hydrogen-bond donors (Lipinski definition) is 0. The van der Waals surface area contributed by atoms with Gasteiger partial charge in [-0.3, -0.25) is 4.79 Å². The highest BCUT2D eigenvalue weighted by Gasteiger charge is 2.38. The van der Waals surface area contributed by atoms with E-state index in [1.807, 2.05) is 30.1 Å². The van der Waals surface area contributed by atoms with Crippen LogP contribution in [0.2, 0.25) is 5.02 Å². The molecule has 146 valence electrons. The van der Waals surface area contributed by atoms with E-state index in [9.17, 15) is 9.59 Å². The Labute approximate surface area is 169 Å². The molecular weight excluding hydrogens is 378 g/mol. The molecule has 0 unspecified atom stereocenters. The van der Waals surface area contributed by atoms with Crippen LogP contribution in [0.3, 0.4) is 0 Å². The summed E-state index contributed by atoms with van der Waals surface area (Å²) in [6.07, 6.45) is 1.54. The monoisotopic (exact) mass is 399 g/mol. The summed E-state index contributed by atoms with van der Waals surface area (Å²) in [5.74, 6) is -0.613. The lowest BCUT2D eigenvalue weighted by molar-refractivity contribution is -0.117. The molecule has 1 aliphatic heterocycles. The maximum atomic E-state index is 12.5. The van der Waals surface area contributed by atoms with Gasteiger partial charge in [-0.25, -0.2) is 4.79 Å². The summed E-state index contributed by atoms with van der Waals surface area (Å²) < 4.78 is 10.3. The van der Waals surface area contributed by atoms with Gasteiger partial charge >= 0.3 is 5.97 Å². The minimum absolute atomic E-state index is 0.182. The van der Waals surface area contributed by atoms with Gasteiger partial charge in [0, 0.05) is 34.9 Å². The minimum atomic E-state index is -0.659. The molecule has 3 rings (SSSR count). The molecule has 1 heterocycles. The summed E-state index contributed by atoms with van der Waals surface area (Å²) in [5, 5.41) is 0.383. The Balaban J connectivity index is 1.75. The zero-order valence-electron chi connectivity index (χ0n) is 16.3. The molecule has 0 aliphatic carbocycles. The van der Waals surface area contributed by atoms with E-state index >= 15 is 0 Å². The third-order valence-corrected chi connectivity index (χ3v) is 5.20. The van der Waals surface area contributed by atoms with Crippen molar-refractivity contribution in [3.8, 4) is 5.75 Å². The van der Waals surface area contributed by atoms with E-state index in [-0.39, 0.29) is 23.4 Å². The van der Waals surface area contributed by atoms with Gasteiger partial charge in [-0.2, -0.15) is 0 Å². The van der Waals surface area contributed by atoms with E-state index < -0.39 is 5.97 Å². The Morgan fingerprint density at radius 2 is 1.89 bits per heavy atom. The Morgan fingerprint density at radius 1 is 1.18 bits per heavy atom. The number of nitrogens with zero attached hydrogens (tertiary/aromatic N) is 1. The number of ether oxygens (including phenoxy) is 2. The summed E-state index contributed by atoms with van der Waals surface area (Å²) in [7, 11) is 3.38. The number of benzene rings is 2. The predicted octanol–water partition coefficient (Wildman–Crippen LogP) is 4.39. The van der Waals surface area contributed by atoms with E-state index in [1.165, 1.54) is 13.2 Å². The standard InChI is InChI=1S/C22H22ClNO4/c1-22(2)17-7-5-6-8-18(17)24(3)20(22)12-15(25)13-28-21(26)16-11-14(23)9-10-19(16)27-4/h5-12H,13H2,1-4H3. The van der Waals surface area contributed by atoms with Crippen LogP contribution in [-0.4, -0.2) is 32.5 Å². The summed E-state index contributed by atoms with van der Waals surface area (Å²) in [5.41, 5.74) is 2.93. The predicted molar refractivity (Wildman–Crippen MR) is 109 cm³/mol. The van der Waals surface area contributed by atoms with E-state index in [4.69, 9.17) is 21.1 Å². The Kier molecular flexibility index (Phi) is 5.47. The number of hydrogen-bond acceptors (Lipinski definition) is 5. The zero-order chi connectivity index (χ0) is 20.5. The second-order valence-electron chi connectivity index (χ2n) is 7.12. The molecule has 28 heavy (non-hydrogen) atoms. The number of fused-ring (bicyclic) bond motifs is 1. The van der Waals surface area contributed by atoms with Crippen molar-refractivity contribution in [1.29, 1.82) is 0 Å². The molecule has 0 aromatic heterocycles. The average Bonchev–Trinajstić information content (AvgIpc) is 2.87. The number of methoxy groups -OCH3 is 1. The Bertz CT molecular complexity index is 965. The van der Waals surface area contributed by atoms with Crippen LogP contribution in [0.1, 0.15) is 29.8 Å². The van der Waals surface area contributed by atoms with Crippen LogP contribution in [0.4, 0.5) is 5.69 Å². The van der Waals surface area contributed by atoms with Crippen molar-refractivity contribution >= 4 is 29.0 Å². The maximum absolute atomic E-state index is 12.5. The molecule has 5 nitrogen and oxygen atoms in total. The molecule has 2 aromatic carbocycles. The third-order valence-electron chi connectivity index (χ3n) is 4.97. The first-order valence-electron chi connectivity index (χ1n) is 8.84. The third kappa shape index (κ3) is 3.62. The SMILES string of the molecule is COc1ccc(Cl)cc1C(=O)OCC(=O)C=C1N(C)c2ccccc2C1(C)C. The number of anilines is 1. The highest BCUT2D eigenvalue weighted by atomic mass is 35.5. The van der Waals surface area contributed by atoms with Gasteiger partial charge in [0.25, 0.3) is 0 Å². The second-order valence-corrected chi connectivity index (χ2v) is 7.55. The fourth-order valence-electron chi connectivity index (χ4n) is 3.51. The first-order valence-corrected chi connectivity index (χ1v) is 9.22. The van der Waals surface area contributed by atoms with Crippen LogP contribution in [0.5, 0.6) is 5.75 Å². The Hall–Kier alpha value is -2.79. The number of carbonyl (C=O) groups excluding carboxylic acids is 2. The van der Waals surface area contributed by atoms with Crippen LogP contribution in [0.15, 0.2) is 54.2 Å². The molecule has 0 amide bonds. The molecular formula is C22H22ClNO4. The second kappa shape index (κ2) is 7.68. The van der Waals surface area contributed by atoms with Gasteiger partial charge in [0.2, 0.25) is 0 Å². The molecule has 0 spiro atoms. The van der Waals surface area contributed by atoms with Crippen molar-refractivity contribution in [3.63, 3.8) is 0 Å². The van der Waals surface area contributed by atoms with E-state index in [1.54, 1.807) is 18.2 Å². The van der Waals surface area contributed by atoms with Gasteiger partial charge in [0.05, 0.1) is 7.11 Å². The number of rotatable bonds is 5. The van der Waals surface area contributed by atoms with Gasteiger partial charge in [-0.15, -0.1) is 0 Å². The molecule has 2 aromatic rings. The fourth-order valence-corrected chi connectivity index (χ4v) is 3.68. The van der Waals surface area contributed by atoms with Crippen LogP contribution in [-0.2, 0) is 14.9 Å². The number of para-hydroxylation sites is 1. The van der Waals surface area contributed by atoms with Crippen molar-refractivity contribution < 1.29 is 19.1 Å². The Morgan fingerprint density at radius 3 is 2.57 bits per heavy atom. The minimum Gasteiger partial charge on any atom is -0.496 e. The van der Waals surface area contributed by atoms with E-state index in [0.717, 1.165) is 16.9 Å². The van der Waals surface area contributed by atoms with Crippen LogP contribution >= 0.6 is 11.6 Å². The zero-order valence-corrected chi connectivity index (χ0v) is 17.0. The topological polar surface area (TPSA) is 55.8 Å². The smallest absolute Gasteiger partial charge is 0.342 e. The van der Waals surface area contributed by atoms with Gasteiger partial charge in [-0.1, -0.05) is 43.6 Å². The van der Waals surface area contributed by atoms with Crippen molar-refractivity contribution in [2.24, 2.45) is 0 Å². The number of ketones is 1. The molecule has 0 atom stereocenters. The molecule has 6 heteroatoms. The normalized spacial score (nSPS) is 16.0. The molecule has 0 saturated heterocycles. The lowest BCUT2D eigenvalue weighted by Crippen LogP contribution is -2.25. The number of halogens is 1. The molecule has 0 radical (unpaired) electrons. The molecule has 0 bridgehead atoms. The largest absolute Gasteiger partial charge is 0.496 e. The van der Waals surface area contributed by atoms with Crippen LogP contribution in [0.25, 0.3) is 0 Å². The molecule has 0 fully saturated rings. The highest BCUT2D eigenvalue weighted by molar-refractivity contribution is 6.31. The molecule has 0 N–H and O–H groups in total. The number of carbonyl (C=O) groups is 2. The first-order chi connectivity index (χ1) is 13.3. The summed E-state index contributed by atoms with van der Waals surface area (Å²) in [6, 6.07) is 12.7. The van der Waals surface area contributed by atoms with Crippen molar-refractivity contribution in [3.05, 3.63) is 70.4 Å². The fraction of sp³-hybridized carbons (Fsp3) is 0.273. The van der Waals surface area contributed by atoms with Crippen molar-refractivity contribution in [2.75, 3.05) is 25.7 Å². The average molecular weight is 400 g/mol.